The van der Waals surface area contributed by atoms with Crippen LogP contribution >= 0.6 is 0 Å². The van der Waals surface area contributed by atoms with Crippen LogP contribution in [0.2, 0.25) is 0 Å². The van der Waals surface area contributed by atoms with Crippen LogP contribution in [0.15, 0.2) is 42.7 Å². The third kappa shape index (κ3) is 3.73. The molecule has 2 rings (SSSR count). The first-order chi connectivity index (χ1) is 10.4. The summed E-state index contributed by atoms with van der Waals surface area (Å²) in [4.78, 5) is 0. The van der Waals surface area contributed by atoms with Crippen molar-refractivity contribution in [2.45, 2.75) is 19.9 Å². The van der Waals surface area contributed by atoms with Crippen molar-refractivity contribution >= 4 is 10.2 Å². The summed E-state index contributed by atoms with van der Waals surface area (Å²) in [5, 5.41) is 4.28. The van der Waals surface area contributed by atoms with Crippen molar-refractivity contribution < 1.29 is 8.42 Å². The molecular weight excluding hydrogens is 300 g/mol. The average Bonchev–Trinajstić information content (AvgIpc) is 2.97. The van der Waals surface area contributed by atoms with E-state index in [4.69, 9.17) is 0 Å². The number of nitrogens with zero attached hydrogens (tertiary/aromatic N) is 4. The molecule has 2 aromatic rings. The molecule has 0 radical (unpaired) electrons. The average molecular weight is 322 g/mol. The molecule has 0 spiro atoms. The Labute approximate surface area is 132 Å². The molecule has 0 amide bonds. The molecule has 0 atom stereocenters. The monoisotopic (exact) mass is 322 g/mol. The Morgan fingerprint density at radius 1 is 1.14 bits per heavy atom. The van der Waals surface area contributed by atoms with Crippen LogP contribution in [0.3, 0.4) is 0 Å². The van der Waals surface area contributed by atoms with E-state index >= 15 is 0 Å². The molecule has 120 valence electrons. The lowest BCUT2D eigenvalue weighted by Gasteiger charge is -2.23. The Balaban J connectivity index is 2.10. The molecule has 0 aliphatic heterocycles. The predicted octanol–water partition coefficient (Wildman–Crippen LogP) is 1.89. The van der Waals surface area contributed by atoms with Crippen molar-refractivity contribution in [3.05, 3.63) is 48.3 Å². The summed E-state index contributed by atoms with van der Waals surface area (Å²) in [5.41, 5.74) is 1.79. The number of aromatic nitrogens is 2. The van der Waals surface area contributed by atoms with E-state index in [1.807, 2.05) is 43.5 Å². The lowest BCUT2D eigenvalue weighted by molar-refractivity contribution is 0.389. The SMILES string of the molecule is CCCN(C)S(=O)(=O)N(C)Cc1cnn(-c2ccccc2)c1. The highest BCUT2D eigenvalue weighted by atomic mass is 32.2. The highest BCUT2D eigenvalue weighted by molar-refractivity contribution is 7.86. The summed E-state index contributed by atoms with van der Waals surface area (Å²) in [6, 6.07) is 9.72. The van der Waals surface area contributed by atoms with Gasteiger partial charge in [0.25, 0.3) is 10.2 Å². The molecule has 0 saturated heterocycles. The molecule has 0 unspecified atom stereocenters. The summed E-state index contributed by atoms with van der Waals surface area (Å²) < 4.78 is 29.1. The van der Waals surface area contributed by atoms with Gasteiger partial charge in [0.15, 0.2) is 0 Å². The maximum atomic E-state index is 12.3. The zero-order valence-corrected chi connectivity index (χ0v) is 14.0. The third-order valence-corrected chi connectivity index (χ3v) is 5.28. The molecule has 0 aliphatic carbocycles. The molecule has 1 aromatic carbocycles. The van der Waals surface area contributed by atoms with Gasteiger partial charge in [-0.05, 0) is 18.6 Å². The van der Waals surface area contributed by atoms with Gasteiger partial charge < -0.3 is 0 Å². The summed E-state index contributed by atoms with van der Waals surface area (Å²) in [6.07, 6.45) is 4.33. The second kappa shape index (κ2) is 7.04. The minimum atomic E-state index is -3.43. The van der Waals surface area contributed by atoms with Crippen molar-refractivity contribution in [2.24, 2.45) is 0 Å². The fourth-order valence-corrected chi connectivity index (χ4v) is 3.37. The molecule has 0 fully saturated rings. The highest BCUT2D eigenvalue weighted by Crippen LogP contribution is 2.12. The minimum absolute atomic E-state index is 0.295. The van der Waals surface area contributed by atoms with E-state index < -0.39 is 10.2 Å². The topological polar surface area (TPSA) is 58.4 Å². The number of hydrogen-bond acceptors (Lipinski definition) is 3. The standard InChI is InChI=1S/C15H22N4O2S/c1-4-10-17(2)22(20,21)18(3)12-14-11-16-19(13-14)15-8-6-5-7-9-15/h5-9,11,13H,4,10,12H2,1-3H3. The molecule has 0 aliphatic rings. The zero-order valence-electron chi connectivity index (χ0n) is 13.2. The van der Waals surface area contributed by atoms with Crippen LogP contribution in [-0.2, 0) is 16.8 Å². The van der Waals surface area contributed by atoms with Gasteiger partial charge in [-0.1, -0.05) is 25.1 Å². The number of rotatable bonds is 7. The van der Waals surface area contributed by atoms with E-state index in [0.717, 1.165) is 17.7 Å². The molecule has 0 N–H and O–H groups in total. The highest BCUT2D eigenvalue weighted by Gasteiger charge is 2.23. The van der Waals surface area contributed by atoms with E-state index in [-0.39, 0.29) is 0 Å². The zero-order chi connectivity index (χ0) is 16.2. The van der Waals surface area contributed by atoms with Gasteiger partial charge in [0, 0.05) is 38.9 Å². The van der Waals surface area contributed by atoms with E-state index in [1.54, 1.807) is 25.0 Å². The number of hydrogen-bond donors (Lipinski definition) is 0. The van der Waals surface area contributed by atoms with E-state index in [0.29, 0.717) is 13.1 Å². The molecule has 22 heavy (non-hydrogen) atoms. The molecule has 7 heteroatoms. The largest absolute Gasteiger partial charge is 0.281 e. The van der Waals surface area contributed by atoms with Crippen LogP contribution < -0.4 is 0 Å². The van der Waals surface area contributed by atoms with Gasteiger partial charge in [0.1, 0.15) is 0 Å². The third-order valence-electron chi connectivity index (χ3n) is 3.39. The van der Waals surface area contributed by atoms with Crippen LogP contribution in [0.4, 0.5) is 0 Å². The molecular formula is C15H22N4O2S. The Bertz CT molecular complexity index is 697. The van der Waals surface area contributed by atoms with Gasteiger partial charge in [-0.15, -0.1) is 0 Å². The van der Waals surface area contributed by atoms with E-state index in [9.17, 15) is 8.42 Å². The summed E-state index contributed by atoms with van der Waals surface area (Å²) in [7, 11) is -0.240. The molecule has 0 bridgehead atoms. The number of para-hydroxylation sites is 1. The Kier molecular flexibility index (Phi) is 5.33. The fourth-order valence-electron chi connectivity index (χ4n) is 2.17. The Morgan fingerprint density at radius 3 is 2.45 bits per heavy atom. The first kappa shape index (κ1) is 16.7. The van der Waals surface area contributed by atoms with Crippen molar-refractivity contribution in [1.29, 1.82) is 0 Å². The van der Waals surface area contributed by atoms with Gasteiger partial charge in [0.05, 0.1) is 11.9 Å². The first-order valence-corrected chi connectivity index (χ1v) is 8.61. The second-order valence-corrected chi connectivity index (χ2v) is 7.36. The Hall–Kier alpha value is -1.70. The predicted molar refractivity (Wildman–Crippen MR) is 86.9 cm³/mol. The van der Waals surface area contributed by atoms with Crippen LogP contribution in [0.5, 0.6) is 0 Å². The summed E-state index contributed by atoms with van der Waals surface area (Å²) in [6.45, 7) is 2.76. The molecule has 0 saturated carbocycles. The maximum absolute atomic E-state index is 12.3. The van der Waals surface area contributed by atoms with Crippen molar-refractivity contribution in [2.75, 3.05) is 20.6 Å². The normalized spacial score (nSPS) is 12.2. The number of benzene rings is 1. The smallest absolute Gasteiger partial charge is 0.241 e. The van der Waals surface area contributed by atoms with Gasteiger partial charge >= 0.3 is 0 Å². The van der Waals surface area contributed by atoms with E-state index in [1.165, 1.54) is 8.61 Å². The van der Waals surface area contributed by atoms with Crippen LogP contribution in [-0.4, -0.2) is 47.4 Å². The summed E-state index contributed by atoms with van der Waals surface area (Å²) in [5.74, 6) is 0. The quantitative estimate of drug-likeness (QED) is 0.782. The lowest BCUT2D eigenvalue weighted by Crippen LogP contribution is -2.39. The van der Waals surface area contributed by atoms with E-state index in [2.05, 4.69) is 5.10 Å². The van der Waals surface area contributed by atoms with Crippen molar-refractivity contribution in [3.8, 4) is 5.69 Å². The van der Waals surface area contributed by atoms with Crippen LogP contribution in [0.1, 0.15) is 18.9 Å². The molecule has 1 heterocycles. The summed E-state index contributed by atoms with van der Waals surface area (Å²) >= 11 is 0. The van der Waals surface area contributed by atoms with Gasteiger partial charge in [-0.2, -0.15) is 22.1 Å². The Morgan fingerprint density at radius 2 is 1.82 bits per heavy atom. The molecule has 1 aromatic heterocycles. The second-order valence-electron chi connectivity index (χ2n) is 5.21. The molecule has 6 nitrogen and oxygen atoms in total. The van der Waals surface area contributed by atoms with Gasteiger partial charge in [-0.3, -0.25) is 0 Å². The van der Waals surface area contributed by atoms with Crippen molar-refractivity contribution in [1.82, 2.24) is 18.4 Å². The minimum Gasteiger partial charge on any atom is -0.241 e. The maximum Gasteiger partial charge on any atom is 0.281 e. The van der Waals surface area contributed by atoms with Gasteiger partial charge in [0.2, 0.25) is 0 Å². The van der Waals surface area contributed by atoms with Crippen LogP contribution in [0.25, 0.3) is 5.69 Å². The first-order valence-electron chi connectivity index (χ1n) is 7.21. The lowest BCUT2D eigenvalue weighted by atomic mass is 10.3. The van der Waals surface area contributed by atoms with Gasteiger partial charge in [-0.25, -0.2) is 4.68 Å². The van der Waals surface area contributed by atoms with Crippen molar-refractivity contribution in [3.63, 3.8) is 0 Å². The van der Waals surface area contributed by atoms with Crippen LogP contribution in [0, 0.1) is 0 Å². The fraction of sp³-hybridized carbons (Fsp3) is 0.400.